The Morgan fingerprint density at radius 1 is 1.64 bits per heavy atom. The second-order valence-electron chi connectivity index (χ2n) is 3.15. The Morgan fingerprint density at radius 2 is 2.36 bits per heavy atom. The number of carbonyl (C=O) groups is 1. The molecule has 1 N–H and O–H groups in total. The molecule has 1 unspecified atom stereocenters. The first-order valence-corrected chi connectivity index (χ1v) is 5.05. The van der Waals surface area contributed by atoms with E-state index in [4.69, 9.17) is 0 Å². The van der Waals surface area contributed by atoms with E-state index in [1.165, 1.54) is 0 Å². The van der Waals surface area contributed by atoms with Crippen molar-refractivity contribution in [2.24, 2.45) is 0 Å². The van der Waals surface area contributed by atoms with Gasteiger partial charge in [0.15, 0.2) is 0 Å². The highest BCUT2D eigenvalue weighted by atomic mass is 32.2. The molecule has 1 saturated heterocycles. The summed E-state index contributed by atoms with van der Waals surface area (Å²) in [4.78, 5) is 10.9. The minimum atomic E-state index is 0.217. The molecule has 1 amide bonds. The predicted octanol–water partition coefficient (Wildman–Crippen LogP) is 1.41. The zero-order chi connectivity index (χ0) is 8.27. The Bertz CT molecular complexity index is 147. The molecule has 0 aromatic rings. The highest BCUT2D eigenvalue weighted by Crippen LogP contribution is 2.24. The maximum Gasteiger partial charge on any atom is 0.221 e. The van der Waals surface area contributed by atoms with Gasteiger partial charge >= 0.3 is 0 Å². The predicted molar refractivity (Wildman–Crippen MR) is 48.8 cm³/mol. The maximum absolute atomic E-state index is 10.9. The number of carbonyl (C=O) groups excluding carboxylic acids is 1. The monoisotopic (exact) mass is 173 g/mol. The van der Waals surface area contributed by atoms with Crippen molar-refractivity contribution in [2.75, 3.05) is 6.54 Å². The average molecular weight is 173 g/mol. The molecule has 64 valence electrons. The Morgan fingerprint density at radius 3 is 2.91 bits per heavy atom. The lowest BCUT2D eigenvalue weighted by atomic mass is 10.1. The Balaban J connectivity index is 2.28. The van der Waals surface area contributed by atoms with E-state index in [0.717, 1.165) is 13.0 Å². The number of piperidine rings is 1. The first-order chi connectivity index (χ1) is 5.18. The van der Waals surface area contributed by atoms with Crippen LogP contribution in [0, 0.1) is 0 Å². The fourth-order valence-corrected chi connectivity index (χ4v) is 2.53. The van der Waals surface area contributed by atoms with Crippen molar-refractivity contribution in [1.29, 1.82) is 0 Å². The number of rotatable bonds is 2. The van der Waals surface area contributed by atoms with Gasteiger partial charge in [-0.05, 0) is 11.7 Å². The molecule has 0 aliphatic carbocycles. The van der Waals surface area contributed by atoms with E-state index >= 15 is 0 Å². The summed E-state index contributed by atoms with van der Waals surface area (Å²) >= 11 is 1.92. The lowest BCUT2D eigenvalue weighted by Crippen LogP contribution is -2.35. The van der Waals surface area contributed by atoms with Crippen LogP contribution in [0.15, 0.2) is 0 Å². The van der Waals surface area contributed by atoms with E-state index in [9.17, 15) is 4.79 Å². The van der Waals surface area contributed by atoms with Gasteiger partial charge < -0.3 is 5.32 Å². The largest absolute Gasteiger partial charge is 0.356 e. The molecule has 2 nitrogen and oxygen atoms in total. The first-order valence-electron chi connectivity index (χ1n) is 4.10. The van der Waals surface area contributed by atoms with Crippen LogP contribution in [0.25, 0.3) is 0 Å². The smallest absolute Gasteiger partial charge is 0.221 e. The molecule has 1 aliphatic heterocycles. The van der Waals surface area contributed by atoms with E-state index in [-0.39, 0.29) is 5.91 Å². The number of amides is 1. The van der Waals surface area contributed by atoms with Crippen LogP contribution in [0.4, 0.5) is 0 Å². The van der Waals surface area contributed by atoms with Gasteiger partial charge in [0, 0.05) is 18.2 Å². The molecular weight excluding hydrogens is 158 g/mol. The molecule has 3 heteroatoms. The third-order valence-corrected chi connectivity index (χ3v) is 3.00. The van der Waals surface area contributed by atoms with Crippen molar-refractivity contribution in [3.63, 3.8) is 0 Å². The minimum Gasteiger partial charge on any atom is -0.356 e. The normalized spacial score (nSPS) is 25.4. The molecule has 0 aromatic heterocycles. The van der Waals surface area contributed by atoms with Crippen LogP contribution in [0.2, 0.25) is 0 Å². The molecule has 1 aliphatic rings. The van der Waals surface area contributed by atoms with E-state index < -0.39 is 0 Å². The summed E-state index contributed by atoms with van der Waals surface area (Å²) in [6.07, 6.45) is 1.84. The van der Waals surface area contributed by atoms with Crippen LogP contribution in [0.1, 0.15) is 26.7 Å². The van der Waals surface area contributed by atoms with Gasteiger partial charge in [0.05, 0.1) is 0 Å². The summed E-state index contributed by atoms with van der Waals surface area (Å²) in [5, 5.41) is 4.04. The fourth-order valence-electron chi connectivity index (χ4n) is 1.25. The summed E-state index contributed by atoms with van der Waals surface area (Å²) in [5.41, 5.74) is 0. The summed E-state index contributed by atoms with van der Waals surface area (Å²) in [7, 11) is 0. The Kier molecular flexibility index (Phi) is 3.24. The van der Waals surface area contributed by atoms with Gasteiger partial charge in [-0.1, -0.05) is 13.8 Å². The SMILES string of the molecule is CC(C)SC1CCNC(=O)C1. The van der Waals surface area contributed by atoms with Crippen molar-refractivity contribution in [3.8, 4) is 0 Å². The van der Waals surface area contributed by atoms with Crippen LogP contribution in [-0.4, -0.2) is 23.0 Å². The number of thioether (sulfide) groups is 1. The zero-order valence-corrected chi connectivity index (χ0v) is 7.91. The lowest BCUT2D eigenvalue weighted by Gasteiger charge is -2.22. The van der Waals surface area contributed by atoms with E-state index in [1.54, 1.807) is 0 Å². The van der Waals surface area contributed by atoms with Crippen molar-refractivity contribution >= 4 is 17.7 Å². The highest BCUT2D eigenvalue weighted by molar-refractivity contribution is 8.00. The molecule has 1 atom stereocenters. The molecule has 0 radical (unpaired) electrons. The molecule has 0 saturated carbocycles. The fraction of sp³-hybridized carbons (Fsp3) is 0.875. The Labute approximate surface area is 72.1 Å². The summed E-state index contributed by atoms with van der Waals surface area (Å²) in [6, 6.07) is 0. The number of hydrogen-bond donors (Lipinski definition) is 1. The topological polar surface area (TPSA) is 29.1 Å². The number of nitrogens with one attached hydrogen (secondary N) is 1. The van der Waals surface area contributed by atoms with Gasteiger partial charge in [0.2, 0.25) is 5.91 Å². The van der Waals surface area contributed by atoms with Crippen LogP contribution >= 0.6 is 11.8 Å². The molecule has 0 aromatic carbocycles. The van der Waals surface area contributed by atoms with Gasteiger partial charge in [-0.25, -0.2) is 0 Å². The van der Waals surface area contributed by atoms with E-state index in [2.05, 4.69) is 19.2 Å². The van der Waals surface area contributed by atoms with Gasteiger partial charge in [0.25, 0.3) is 0 Å². The molecule has 1 rings (SSSR count). The molecule has 0 spiro atoms. The van der Waals surface area contributed by atoms with Gasteiger partial charge in [0.1, 0.15) is 0 Å². The minimum absolute atomic E-state index is 0.217. The quantitative estimate of drug-likeness (QED) is 0.684. The highest BCUT2D eigenvalue weighted by Gasteiger charge is 2.19. The molecule has 0 bridgehead atoms. The van der Waals surface area contributed by atoms with Gasteiger partial charge in [-0.15, -0.1) is 0 Å². The van der Waals surface area contributed by atoms with Crippen LogP contribution in [-0.2, 0) is 4.79 Å². The van der Waals surface area contributed by atoms with Crippen LogP contribution in [0.5, 0.6) is 0 Å². The van der Waals surface area contributed by atoms with Crippen molar-refractivity contribution in [2.45, 2.75) is 37.2 Å². The van der Waals surface area contributed by atoms with Crippen LogP contribution < -0.4 is 5.32 Å². The van der Waals surface area contributed by atoms with Crippen molar-refractivity contribution in [1.82, 2.24) is 5.32 Å². The van der Waals surface area contributed by atoms with E-state index in [0.29, 0.717) is 16.9 Å². The summed E-state index contributed by atoms with van der Waals surface area (Å²) < 4.78 is 0. The lowest BCUT2D eigenvalue weighted by molar-refractivity contribution is -0.121. The molecule has 1 fully saturated rings. The first kappa shape index (κ1) is 8.91. The summed E-state index contributed by atoms with van der Waals surface area (Å²) in [5.74, 6) is 0.217. The second-order valence-corrected chi connectivity index (χ2v) is 5.03. The Hall–Kier alpha value is -0.180. The zero-order valence-electron chi connectivity index (χ0n) is 7.09. The standard InChI is InChI=1S/C8H15NOS/c1-6(2)11-7-3-4-9-8(10)5-7/h6-7H,3-5H2,1-2H3,(H,9,10). The molecule has 1 heterocycles. The summed E-state index contributed by atoms with van der Waals surface area (Å²) in [6.45, 7) is 5.22. The van der Waals surface area contributed by atoms with Gasteiger partial charge in [-0.2, -0.15) is 11.8 Å². The number of hydrogen-bond acceptors (Lipinski definition) is 2. The van der Waals surface area contributed by atoms with E-state index in [1.807, 2.05) is 11.8 Å². The van der Waals surface area contributed by atoms with Gasteiger partial charge in [-0.3, -0.25) is 4.79 Å². The second kappa shape index (κ2) is 4.00. The van der Waals surface area contributed by atoms with Crippen molar-refractivity contribution < 1.29 is 4.79 Å². The third-order valence-electron chi connectivity index (χ3n) is 1.67. The average Bonchev–Trinajstić information content (AvgIpc) is 1.85. The molecular formula is C8H15NOS. The maximum atomic E-state index is 10.9. The van der Waals surface area contributed by atoms with Crippen LogP contribution in [0.3, 0.4) is 0 Å². The van der Waals surface area contributed by atoms with Crippen molar-refractivity contribution in [3.05, 3.63) is 0 Å². The third kappa shape index (κ3) is 3.14. The molecule has 11 heavy (non-hydrogen) atoms.